The number of aryl methyl sites for hydroxylation is 3. The van der Waals surface area contributed by atoms with Gasteiger partial charge in [-0.1, -0.05) is 59.7 Å². The van der Waals surface area contributed by atoms with E-state index in [1.54, 1.807) is 18.4 Å². The van der Waals surface area contributed by atoms with Crippen molar-refractivity contribution in [1.29, 1.82) is 0 Å². The van der Waals surface area contributed by atoms with Crippen LogP contribution < -0.4 is 10.1 Å². The Morgan fingerprint density at radius 3 is 2.38 bits per heavy atom. The molecule has 1 aliphatic heterocycles. The Balaban J connectivity index is 1.51. The number of carboxylic acids is 1. The molecule has 0 bridgehead atoms. The molecule has 0 saturated carbocycles. The second-order valence-electron chi connectivity index (χ2n) is 13.1. The van der Waals surface area contributed by atoms with Crippen LogP contribution in [0.1, 0.15) is 105 Å². The van der Waals surface area contributed by atoms with Crippen molar-refractivity contribution in [2.24, 2.45) is 0 Å². The normalized spacial score (nSPS) is 14.4. The summed E-state index contributed by atoms with van der Waals surface area (Å²) in [5, 5.41) is 16.5. The lowest BCUT2D eigenvalue weighted by Gasteiger charge is -2.31. The van der Waals surface area contributed by atoms with E-state index in [4.69, 9.17) is 14.7 Å². The fourth-order valence-corrected chi connectivity index (χ4v) is 6.33. The summed E-state index contributed by atoms with van der Waals surface area (Å²) in [4.78, 5) is 21.7. The Morgan fingerprint density at radius 2 is 1.75 bits per heavy atom. The van der Waals surface area contributed by atoms with Crippen LogP contribution >= 0.6 is 11.3 Å². The average Bonchev–Trinajstić information content (AvgIpc) is 3.33. The zero-order chi connectivity index (χ0) is 29.1. The largest absolute Gasteiger partial charge is 0.496 e. The second kappa shape index (κ2) is 12.3. The number of hydrogen-bond donors (Lipinski definition) is 2. The molecule has 3 aromatic rings. The third-order valence-electron chi connectivity index (χ3n) is 7.65. The predicted octanol–water partition coefficient (Wildman–Crippen LogP) is 7.48. The molecule has 1 atom stereocenters. The molecule has 216 valence electrons. The van der Waals surface area contributed by atoms with Gasteiger partial charge in [0, 0.05) is 28.7 Å². The fourth-order valence-electron chi connectivity index (χ4n) is 5.48. The molecule has 40 heavy (non-hydrogen) atoms. The summed E-state index contributed by atoms with van der Waals surface area (Å²) in [5.41, 5.74) is 6.37. The minimum Gasteiger partial charge on any atom is -0.496 e. The second-order valence-corrected chi connectivity index (χ2v) is 14.0. The zero-order valence-electron chi connectivity index (χ0n) is 25.2. The van der Waals surface area contributed by atoms with Gasteiger partial charge in [0.1, 0.15) is 11.6 Å². The number of fused-ring (bicyclic) bond motifs is 1. The van der Waals surface area contributed by atoms with E-state index in [0.717, 1.165) is 76.9 Å². The van der Waals surface area contributed by atoms with Gasteiger partial charge in [-0.05, 0) is 72.5 Å². The Morgan fingerprint density at radius 1 is 1.05 bits per heavy atom. The van der Waals surface area contributed by atoms with Gasteiger partial charge < -0.3 is 15.2 Å². The van der Waals surface area contributed by atoms with Gasteiger partial charge in [-0.2, -0.15) is 0 Å². The topological polar surface area (TPSA) is 84.3 Å². The first-order valence-electron chi connectivity index (χ1n) is 14.5. The van der Waals surface area contributed by atoms with Crippen molar-refractivity contribution in [3.05, 3.63) is 68.3 Å². The number of benzene rings is 1. The lowest BCUT2D eigenvalue weighted by atomic mass is 9.76. The Kier molecular flexibility index (Phi) is 9.23. The van der Waals surface area contributed by atoms with Crippen LogP contribution in [-0.2, 0) is 41.3 Å². The van der Waals surface area contributed by atoms with Gasteiger partial charge >= 0.3 is 5.97 Å². The molecule has 3 heterocycles. The average molecular weight is 564 g/mol. The molecule has 0 spiro atoms. The van der Waals surface area contributed by atoms with E-state index >= 15 is 0 Å². The van der Waals surface area contributed by atoms with Crippen LogP contribution in [-0.4, -0.2) is 34.7 Å². The monoisotopic (exact) mass is 563 g/mol. The van der Waals surface area contributed by atoms with E-state index in [1.165, 1.54) is 12.0 Å². The molecule has 0 saturated heterocycles. The van der Waals surface area contributed by atoms with Crippen molar-refractivity contribution in [2.75, 3.05) is 19.0 Å². The molecule has 0 aliphatic carbocycles. The SMILES string of the molecule is COc1c(C(C)(C)C)cc(C(CC(=O)O)Cc2csc(CCCc3ccc4c(n3)NCCC4)n2)cc1C(C)(C)C. The number of nitrogens with zero attached hydrogens (tertiary/aromatic N) is 2. The highest BCUT2D eigenvalue weighted by Crippen LogP contribution is 2.42. The lowest BCUT2D eigenvalue weighted by molar-refractivity contribution is -0.137. The number of carbonyl (C=O) groups is 1. The maximum absolute atomic E-state index is 12.0. The van der Waals surface area contributed by atoms with Gasteiger partial charge in [0.05, 0.1) is 24.2 Å². The highest BCUT2D eigenvalue weighted by Gasteiger charge is 2.30. The van der Waals surface area contributed by atoms with Gasteiger partial charge in [-0.25, -0.2) is 9.97 Å². The first-order chi connectivity index (χ1) is 18.8. The van der Waals surface area contributed by atoms with Crippen LogP contribution in [0.4, 0.5) is 5.82 Å². The molecular weight excluding hydrogens is 518 g/mol. The number of hydrogen-bond acceptors (Lipinski definition) is 6. The maximum atomic E-state index is 12.0. The summed E-state index contributed by atoms with van der Waals surface area (Å²) in [6, 6.07) is 8.69. The Bertz CT molecular complexity index is 1300. The molecule has 0 amide bonds. The number of aromatic nitrogens is 2. The highest BCUT2D eigenvalue weighted by atomic mass is 32.1. The number of nitrogens with one attached hydrogen (secondary N) is 1. The quantitative estimate of drug-likeness (QED) is 0.266. The number of aliphatic carboxylic acids is 1. The molecular formula is C33H45N3O3S. The molecule has 7 heteroatoms. The lowest BCUT2D eigenvalue weighted by Crippen LogP contribution is -2.21. The van der Waals surface area contributed by atoms with Crippen LogP contribution in [0, 0.1) is 0 Å². The van der Waals surface area contributed by atoms with Crippen LogP contribution in [0.3, 0.4) is 0 Å². The first-order valence-corrected chi connectivity index (χ1v) is 15.3. The minimum atomic E-state index is -0.794. The Labute approximate surface area is 243 Å². The summed E-state index contributed by atoms with van der Waals surface area (Å²) in [6.45, 7) is 14.1. The Hall–Kier alpha value is -2.93. The van der Waals surface area contributed by atoms with E-state index in [9.17, 15) is 9.90 Å². The van der Waals surface area contributed by atoms with Crippen molar-refractivity contribution < 1.29 is 14.6 Å². The van der Waals surface area contributed by atoms with Crippen LogP contribution in [0.5, 0.6) is 5.75 Å². The van der Waals surface area contributed by atoms with Crippen molar-refractivity contribution in [1.82, 2.24) is 9.97 Å². The summed E-state index contributed by atoms with van der Waals surface area (Å²) >= 11 is 1.67. The van der Waals surface area contributed by atoms with Gasteiger partial charge in [-0.3, -0.25) is 4.79 Å². The van der Waals surface area contributed by atoms with Gasteiger partial charge in [0.2, 0.25) is 0 Å². The van der Waals surface area contributed by atoms with Gasteiger partial charge in [0.25, 0.3) is 0 Å². The van der Waals surface area contributed by atoms with Crippen molar-refractivity contribution >= 4 is 23.1 Å². The summed E-state index contributed by atoms with van der Waals surface area (Å²) < 4.78 is 5.93. The number of ether oxygens (including phenoxy) is 1. The summed E-state index contributed by atoms with van der Waals surface area (Å²) in [7, 11) is 1.73. The van der Waals surface area contributed by atoms with Gasteiger partial charge in [-0.15, -0.1) is 11.3 Å². The smallest absolute Gasteiger partial charge is 0.303 e. The van der Waals surface area contributed by atoms with E-state index in [2.05, 4.69) is 76.5 Å². The number of carboxylic acid groups (broad SMARTS) is 1. The summed E-state index contributed by atoms with van der Waals surface area (Å²) in [5.74, 6) is 0.983. The fraction of sp³-hybridized carbons (Fsp3) is 0.545. The molecule has 2 aromatic heterocycles. The molecule has 1 unspecified atom stereocenters. The van der Waals surface area contributed by atoms with Crippen molar-refractivity contribution in [3.63, 3.8) is 0 Å². The van der Waals surface area contributed by atoms with E-state index in [1.807, 2.05) is 0 Å². The van der Waals surface area contributed by atoms with Crippen molar-refractivity contribution in [3.8, 4) is 5.75 Å². The standard InChI is InChI=1S/C33H45N3O3S/c1-32(2,3)26-17-23(18-27(30(26)39-7)33(4,5)6)22(19-29(37)38)16-25-20-40-28(35-25)12-8-11-24-14-13-21-10-9-15-34-31(21)36-24/h13-14,17-18,20,22H,8-12,15-16,19H2,1-7H3,(H,34,36)(H,37,38). The molecule has 1 aliphatic rings. The van der Waals surface area contributed by atoms with E-state index < -0.39 is 5.97 Å². The highest BCUT2D eigenvalue weighted by molar-refractivity contribution is 7.09. The maximum Gasteiger partial charge on any atom is 0.303 e. The van der Waals surface area contributed by atoms with Crippen LogP contribution in [0.2, 0.25) is 0 Å². The third kappa shape index (κ3) is 7.42. The number of anilines is 1. The predicted molar refractivity (Wildman–Crippen MR) is 164 cm³/mol. The number of pyridine rings is 1. The van der Waals surface area contributed by atoms with E-state index in [-0.39, 0.29) is 23.2 Å². The van der Waals surface area contributed by atoms with Gasteiger partial charge in [0.15, 0.2) is 0 Å². The summed E-state index contributed by atoms with van der Waals surface area (Å²) in [6.07, 6.45) is 5.73. The van der Waals surface area contributed by atoms with Crippen molar-refractivity contribution in [2.45, 2.75) is 103 Å². The first kappa shape index (κ1) is 30.0. The molecule has 0 radical (unpaired) electrons. The number of rotatable bonds is 10. The number of thiazole rings is 1. The zero-order valence-corrected chi connectivity index (χ0v) is 26.0. The van der Waals surface area contributed by atoms with E-state index in [0.29, 0.717) is 6.42 Å². The minimum absolute atomic E-state index is 0.0599. The van der Waals surface area contributed by atoms with Crippen LogP contribution in [0.15, 0.2) is 29.6 Å². The number of methoxy groups -OCH3 is 1. The molecule has 1 aromatic carbocycles. The van der Waals surface area contributed by atoms with Crippen LogP contribution in [0.25, 0.3) is 0 Å². The molecule has 6 nitrogen and oxygen atoms in total. The molecule has 0 fully saturated rings. The molecule has 2 N–H and O–H groups in total. The molecule has 4 rings (SSSR count). The third-order valence-corrected chi connectivity index (χ3v) is 8.61.